The number of phenols is 1. The van der Waals surface area contributed by atoms with Crippen LogP contribution in [0.2, 0.25) is 0 Å². The lowest BCUT2D eigenvalue weighted by atomic mass is 9.80. The van der Waals surface area contributed by atoms with E-state index in [9.17, 15) is 24.6 Å². The minimum Gasteiger partial charge on any atom is -0.504 e. The summed E-state index contributed by atoms with van der Waals surface area (Å²) in [5.41, 5.74) is 2.52. The summed E-state index contributed by atoms with van der Waals surface area (Å²) in [6.45, 7) is 8.99. The molecule has 0 aromatic heterocycles. The van der Waals surface area contributed by atoms with Crippen LogP contribution in [0.5, 0.6) is 11.5 Å². The van der Waals surface area contributed by atoms with Crippen molar-refractivity contribution in [1.82, 2.24) is 9.80 Å². The summed E-state index contributed by atoms with van der Waals surface area (Å²) in [4.78, 5) is 42.4. The molecule has 1 aliphatic carbocycles. The first-order valence-corrected chi connectivity index (χ1v) is 14.0. The molecule has 10 heteroatoms. The molecule has 2 amide bonds. The second kappa shape index (κ2) is 10.8. The Morgan fingerprint density at radius 2 is 1.88 bits per heavy atom. The van der Waals surface area contributed by atoms with Crippen LogP contribution in [-0.2, 0) is 23.9 Å². The molecular formula is C31H38N2O8. The highest BCUT2D eigenvalue weighted by Crippen LogP contribution is 2.50. The van der Waals surface area contributed by atoms with Gasteiger partial charge in [-0.3, -0.25) is 19.3 Å². The number of phenolic OH excluding ortho intramolecular Hbond substituents is 1. The molecule has 1 fully saturated rings. The van der Waals surface area contributed by atoms with Gasteiger partial charge in [-0.25, -0.2) is 0 Å². The van der Waals surface area contributed by atoms with E-state index in [0.29, 0.717) is 48.7 Å². The van der Waals surface area contributed by atoms with E-state index >= 15 is 0 Å². The Bertz CT molecular complexity index is 1350. The number of likely N-dealkylation sites (tertiary alicyclic amines) is 1. The Morgan fingerprint density at radius 1 is 1.17 bits per heavy atom. The molecule has 0 radical (unpaired) electrons. The van der Waals surface area contributed by atoms with E-state index in [1.165, 1.54) is 7.11 Å². The maximum atomic E-state index is 14.2. The van der Waals surface area contributed by atoms with E-state index in [4.69, 9.17) is 14.2 Å². The smallest absolute Gasteiger partial charge is 0.306 e. The molecule has 3 heterocycles. The van der Waals surface area contributed by atoms with Gasteiger partial charge in [-0.1, -0.05) is 39.0 Å². The van der Waals surface area contributed by atoms with Crippen LogP contribution in [-0.4, -0.2) is 76.7 Å². The number of ether oxygens (including phenoxy) is 3. The van der Waals surface area contributed by atoms with E-state index in [0.717, 1.165) is 11.1 Å². The van der Waals surface area contributed by atoms with Gasteiger partial charge in [-0.05, 0) is 36.8 Å². The Morgan fingerprint density at radius 3 is 2.51 bits per heavy atom. The van der Waals surface area contributed by atoms with Gasteiger partial charge in [-0.15, -0.1) is 0 Å². The average Bonchev–Trinajstić information content (AvgIpc) is 3.14. The standard InChI is InChI=1S/C31H38N2O8/c1-17-13-20(19-7-6-8-22(34)27(19)39-5)28-26-21(17)15-40-16-24(31(2,3)4)33(26)29(36)23(41-28)14-25(35)32-11-9-18(10-12-32)30(37)38/h6-8,13,15,18,20,23-24,34H,9-12,14,16H2,1-5H3,(H,37,38)/t20-,23+,24-/m0/s1. The van der Waals surface area contributed by atoms with Crippen molar-refractivity contribution in [3.8, 4) is 11.5 Å². The van der Waals surface area contributed by atoms with Gasteiger partial charge in [-0.2, -0.15) is 0 Å². The van der Waals surface area contributed by atoms with Crippen LogP contribution in [0.15, 0.2) is 53.1 Å². The molecule has 1 aromatic carbocycles. The highest BCUT2D eigenvalue weighted by Gasteiger charge is 2.50. The monoisotopic (exact) mass is 566 g/mol. The predicted molar refractivity (Wildman–Crippen MR) is 149 cm³/mol. The number of benzene rings is 1. The SMILES string of the molecule is COc1c(O)cccc1[C@@H]1C=C(C)C2=COC[C@@H](C(C)(C)C)N3C(=O)[C@@H](CC(=O)N4CCC(C(=O)O)CC4)OC1=C23. The molecule has 0 spiro atoms. The topological polar surface area (TPSA) is 126 Å². The lowest BCUT2D eigenvalue weighted by Gasteiger charge is -2.46. The van der Waals surface area contributed by atoms with Gasteiger partial charge in [0.1, 0.15) is 12.4 Å². The molecule has 220 valence electrons. The summed E-state index contributed by atoms with van der Waals surface area (Å²) < 4.78 is 18.1. The van der Waals surface area contributed by atoms with Crippen LogP contribution < -0.4 is 4.74 Å². The molecule has 0 bridgehead atoms. The second-order valence-electron chi connectivity index (χ2n) is 12.2. The number of piperidine rings is 1. The van der Waals surface area contributed by atoms with E-state index in [1.807, 2.05) is 39.8 Å². The van der Waals surface area contributed by atoms with Crippen molar-refractivity contribution in [2.45, 2.75) is 65.0 Å². The number of nitrogens with zero attached hydrogens (tertiary/aromatic N) is 2. The number of aliphatic carboxylic acids is 1. The molecule has 3 aliphatic heterocycles. The number of carboxylic acids is 1. The number of aromatic hydroxyl groups is 1. The first-order valence-electron chi connectivity index (χ1n) is 14.0. The van der Waals surface area contributed by atoms with E-state index in [2.05, 4.69) is 0 Å². The summed E-state index contributed by atoms with van der Waals surface area (Å²) in [5, 5.41) is 19.9. The third-order valence-electron chi connectivity index (χ3n) is 8.52. The van der Waals surface area contributed by atoms with Gasteiger partial charge in [0.25, 0.3) is 5.91 Å². The van der Waals surface area contributed by atoms with Crippen LogP contribution in [0, 0.1) is 11.3 Å². The molecule has 2 N–H and O–H groups in total. The van der Waals surface area contributed by atoms with Gasteiger partial charge in [0.2, 0.25) is 5.91 Å². The van der Waals surface area contributed by atoms with E-state index in [1.54, 1.807) is 28.2 Å². The maximum absolute atomic E-state index is 14.2. The van der Waals surface area contributed by atoms with Crippen molar-refractivity contribution in [2.75, 3.05) is 26.8 Å². The van der Waals surface area contributed by atoms with Gasteiger partial charge < -0.3 is 29.3 Å². The van der Waals surface area contributed by atoms with Gasteiger partial charge in [0.05, 0.1) is 43.4 Å². The predicted octanol–water partition coefficient (Wildman–Crippen LogP) is 3.93. The van der Waals surface area contributed by atoms with Crippen LogP contribution in [0.25, 0.3) is 0 Å². The number of carbonyl (C=O) groups excluding carboxylic acids is 2. The second-order valence-corrected chi connectivity index (χ2v) is 12.2. The largest absolute Gasteiger partial charge is 0.504 e. The van der Waals surface area contributed by atoms with Crippen molar-refractivity contribution >= 4 is 17.8 Å². The Kier molecular flexibility index (Phi) is 7.52. The van der Waals surface area contributed by atoms with Gasteiger partial charge >= 0.3 is 5.97 Å². The van der Waals surface area contributed by atoms with Crippen LogP contribution in [0.1, 0.15) is 58.4 Å². The third-order valence-corrected chi connectivity index (χ3v) is 8.52. The van der Waals surface area contributed by atoms with Crippen LogP contribution in [0.3, 0.4) is 0 Å². The molecule has 4 aliphatic rings. The van der Waals surface area contributed by atoms with Gasteiger partial charge in [0.15, 0.2) is 17.6 Å². The lowest BCUT2D eigenvalue weighted by Crippen LogP contribution is -2.56. The summed E-state index contributed by atoms with van der Waals surface area (Å²) >= 11 is 0. The number of amides is 2. The number of carboxylic acid groups (broad SMARTS) is 1. The molecule has 1 aromatic rings. The fourth-order valence-electron chi connectivity index (χ4n) is 6.15. The number of hydrogen-bond donors (Lipinski definition) is 2. The third kappa shape index (κ3) is 5.15. The Labute approximate surface area is 239 Å². The van der Waals surface area contributed by atoms with Crippen molar-refractivity contribution in [2.24, 2.45) is 11.3 Å². The summed E-state index contributed by atoms with van der Waals surface area (Å²) in [7, 11) is 1.49. The first-order chi connectivity index (χ1) is 19.4. The molecule has 1 saturated heterocycles. The molecule has 0 unspecified atom stereocenters. The highest BCUT2D eigenvalue weighted by molar-refractivity contribution is 5.91. The zero-order chi connectivity index (χ0) is 29.6. The normalized spacial score (nSPS) is 24.9. The molecular weight excluding hydrogens is 528 g/mol. The fourth-order valence-corrected chi connectivity index (χ4v) is 6.15. The minimum atomic E-state index is -1.08. The van der Waals surface area contributed by atoms with Crippen LogP contribution >= 0.6 is 0 Å². The average molecular weight is 567 g/mol. The molecule has 5 rings (SSSR count). The zero-order valence-corrected chi connectivity index (χ0v) is 24.2. The quantitative estimate of drug-likeness (QED) is 0.549. The van der Waals surface area contributed by atoms with Crippen molar-refractivity contribution < 1.29 is 38.8 Å². The van der Waals surface area contributed by atoms with Crippen molar-refractivity contribution in [3.63, 3.8) is 0 Å². The number of rotatable bonds is 5. The minimum absolute atomic E-state index is 0.0139. The van der Waals surface area contributed by atoms with E-state index < -0.39 is 23.9 Å². The summed E-state index contributed by atoms with van der Waals surface area (Å²) in [5.74, 6) is -1.60. The number of para-hydroxylation sites is 1. The number of carbonyl (C=O) groups is 3. The Balaban J connectivity index is 1.56. The fraction of sp³-hybridized carbons (Fsp3) is 0.516. The van der Waals surface area contributed by atoms with Crippen LogP contribution in [0.4, 0.5) is 0 Å². The Hall–Kier alpha value is -3.95. The molecule has 3 atom stereocenters. The maximum Gasteiger partial charge on any atom is 0.306 e. The summed E-state index contributed by atoms with van der Waals surface area (Å²) in [6, 6.07) is 4.78. The molecule has 10 nitrogen and oxygen atoms in total. The van der Waals surface area contributed by atoms with Crippen molar-refractivity contribution in [3.05, 3.63) is 58.7 Å². The van der Waals surface area contributed by atoms with Crippen molar-refractivity contribution in [1.29, 1.82) is 0 Å². The highest BCUT2D eigenvalue weighted by atomic mass is 16.5. The van der Waals surface area contributed by atoms with Gasteiger partial charge in [0, 0.05) is 24.2 Å². The number of methoxy groups -OCH3 is 1. The zero-order valence-electron chi connectivity index (χ0n) is 24.2. The lowest BCUT2D eigenvalue weighted by molar-refractivity contribution is -0.154. The van der Waals surface area contributed by atoms with E-state index in [-0.39, 0.29) is 42.0 Å². The summed E-state index contributed by atoms with van der Waals surface area (Å²) in [6.07, 6.45) is 3.16. The first kappa shape index (κ1) is 28.6. The molecule has 0 saturated carbocycles. The number of allylic oxidation sites excluding steroid dienone is 2. The molecule has 41 heavy (non-hydrogen) atoms. The number of hydrogen-bond acceptors (Lipinski definition) is 7.